The fourth-order valence-corrected chi connectivity index (χ4v) is 1.94. The van der Waals surface area contributed by atoms with E-state index in [1.165, 1.54) is 24.8 Å². The van der Waals surface area contributed by atoms with Crippen molar-refractivity contribution in [2.24, 2.45) is 0 Å². The molecule has 0 spiro atoms. The lowest BCUT2D eigenvalue weighted by molar-refractivity contribution is 0.00240. The minimum absolute atomic E-state index is 0.388. The van der Waals surface area contributed by atoms with E-state index in [0.29, 0.717) is 12.1 Å². The van der Waals surface area contributed by atoms with Crippen molar-refractivity contribution in [2.75, 3.05) is 13.2 Å². The van der Waals surface area contributed by atoms with E-state index in [9.17, 15) is 0 Å². The fraction of sp³-hybridized carbons (Fsp3) is 0.833. The van der Waals surface area contributed by atoms with Gasteiger partial charge in [-0.05, 0) is 39.7 Å². The smallest absolute Gasteiger partial charge is 0.0763 e. The highest BCUT2D eigenvalue weighted by Gasteiger charge is 2.21. The predicted octanol–water partition coefficient (Wildman–Crippen LogP) is 2.50. The maximum atomic E-state index is 5.79. The van der Waals surface area contributed by atoms with Gasteiger partial charge in [0.15, 0.2) is 0 Å². The first-order valence-electron chi connectivity index (χ1n) is 5.74. The van der Waals surface area contributed by atoms with Gasteiger partial charge in [-0.1, -0.05) is 18.6 Å². The first kappa shape index (κ1) is 11.7. The minimum Gasteiger partial charge on any atom is -0.376 e. The Hall–Kier alpha value is -0.340. The van der Waals surface area contributed by atoms with Crippen LogP contribution in [-0.2, 0) is 4.74 Å². The van der Waals surface area contributed by atoms with Crippen LogP contribution in [0.2, 0.25) is 0 Å². The third-order valence-electron chi connectivity index (χ3n) is 2.57. The monoisotopic (exact) mass is 197 g/mol. The summed E-state index contributed by atoms with van der Waals surface area (Å²) >= 11 is 0. The average Bonchev–Trinajstić information content (AvgIpc) is 2.18. The summed E-state index contributed by atoms with van der Waals surface area (Å²) in [6.45, 7) is 8.38. The van der Waals surface area contributed by atoms with Crippen LogP contribution in [0.15, 0.2) is 11.6 Å². The molecule has 0 aliphatic carbocycles. The third-order valence-corrected chi connectivity index (χ3v) is 2.57. The van der Waals surface area contributed by atoms with Crippen molar-refractivity contribution in [1.29, 1.82) is 0 Å². The van der Waals surface area contributed by atoms with Gasteiger partial charge in [0.25, 0.3) is 0 Å². The van der Waals surface area contributed by atoms with Crippen LogP contribution in [0.25, 0.3) is 0 Å². The maximum Gasteiger partial charge on any atom is 0.0763 e. The van der Waals surface area contributed by atoms with E-state index in [0.717, 1.165) is 13.2 Å². The Morgan fingerprint density at radius 1 is 1.50 bits per heavy atom. The van der Waals surface area contributed by atoms with Crippen LogP contribution in [0.3, 0.4) is 0 Å². The molecule has 1 aliphatic heterocycles. The lowest BCUT2D eigenvalue weighted by atomic mass is 10.0. The van der Waals surface area contributed by atoms with Crippen LogP contribution in [0.4, 0.5) is 0 Å². The van der Waals surface area contributed by atoms with E-state index >= 15 is 0 Å². The third kappa shape index (κ3) is 3.81. The van der Waals surface area contributed by atoms with Crippen LogP contribution >= 0.6 is 0 Å². The highest BCUT2D eigenvalue weighted by molar-refractivity contribution is 5.04. The van der Waals surface area contributed by atoms with Gasteiger partial charge in [-0.2, -0.15) is 0 Å². The van der Waals surface area contributed by atoms with Crippen molar-refractivity contribution in [3.8, 4) is 0 Å². The summed E-state index contributed by atoms with van der Waals surface area (Å²) < 4.78 is 5.79. The quantitative estimate of drug-likeness (QED) is 0.699. The van der Waals surface area contributed by atoms with E-state index < -0.39 is 0 Å². The second kappa shape index (κ2) is 6.20. The van der Waals surface area contributed by atoms with Crippen molar-refractivity contribution >= 4 is 0 Å². The predicted molar refractivity (Wildman–Crippen MR) is 60.5 cm³/mol. The summed E-state index contributed by atoms with van der Waals surface area (Å²) in [6, 6.07) is 0.408. The lowest BCUT2D eigenvalue weighted by Crippen LogP contribution is -2.41. The molecular weight excluding hydrogens is 174 g/mol. The zero-order valence-electron chi connectivity index (χ0n) is 9.68. The fourth-order valence-electron chi connectivity index (χ4n) is 1.94. The SMILES string of the molecule is CCNC(C=C(C)C)C1CCCCO1. The topological polar surface area (TPSA) is 21.3 Å². The summed E-state index contributed by atoms with van der Waals surface area (Å²) in [4.78, 5) is 0. The van der Waals surface area contributed by atoms with Crippen molar-refractivity contribution in [3.63, 3.8) is 0 Å². The zero-order valence-corrected chi connectivity index (χ0v) is 9.68. The molecule has 1 rings (SSSR count). The molecule has 2 atom stereocenters. The number of nitrogens with one attached hydrogen (secondary N) is 1. The molecule has 0 saturated carbocycles. The molecule has 2 unspecified atom stereocenters. The van der Waals surface area contributed by atoms with E-state index in [-0.39, 0.29) is 0 Å². The molecule has 0 bridgehead atoms. The summed E-state index contributed by atoms with van der Waals surface area (Å²) in [7, 11) is 0. The van der Waals surface area contributed by atoms with Gasteiger partial charge in [0.1, 0.15) is 0 Å². The van der Waals surface area contributed by atoms with E-state index in [2.05, 4.69) is 32.2 Å². The maximum absolute atomic E-state index is 5.79. The molecule has 14 heavy (non-hydrogen) atoms. The molecule has 1 heterocycles. The van der Waals surface area contributed by atoms with Crippen LogP contribution in [-0.4, -0.2) is 25.3 Å². The molecule has 1 N–H and O–H groups in total. The van der Waals surface area contributed by atoms with Gasteiger partial charge in [0.2, 0.25) is 0 Å². The van der Waals surface area contributed by atoms with Gasteiger partial charge in [-0.25, -0.2) is 0 Å². The molecular formula is C12H23NO. The Morgan fingerprint density at radius 2 is 2.29 bits per heavy atom. The normalized spacial score (nSPS) is 24.4. The molecule has 0 aromatic carbocycles. The lowest BCUT2D eigenvalue weighted by Gasteiger charge is -2.29. The van der Waals surface area contributed by atoms with Gasteiger partial charge in [0.05, 0.1) is 12.1 Å². The average molecular weight is 197 g/mol. The Morgan fingerprint density at radius 3 is 2.79 bits per heavy atom. The highest BCUT2D eigenvalue weighted by atomic mass is 16.5. The molecule has 1 aliphatic rings. The van der Waals surface area contributed by atoms with Gasteiger partial charge in [-0.15, -0.1) is 0 Å². The second-order valence-electron chi connectivity index (χ2n) is 4.23. The van der Waals surface area contributed by atoms with Crippen molar-refractivity contribution in [1.82, 2.24) is 5.32 Å². The number of hydrogen-bond donors (Lipinski definition) is 1. The van der Waals surface area contributed by atoms with E-state index in [1.54, 1.807) is 0 Å². The zero-order chi connectivity index (χ0) is 10.4. The van der Waals surface area contributed by atoms with Crippen molar-refractivity contribution in [2.45, 2.75) is 52.2 Å². The second-order valence-corrected chi connectivity index (χ2v) is 4.23. The number of hydrogen-bond acceptors (Lipinski definition) is 2. The Balaban J connectivity index is 2.51. The van der Waals surface area contributed by atoms with Crippen molar-refractivity contribution in [3.05, 3.63) is 11.6 Å². The molecule has 0 aromatic rings. The van der Waals surface area contributed by atoms with Gasteiger partial charge in [0, 0.05) is 6.61 Å². The minimum atomic E-state index is 0.388. The molecule has 0 radical (unpaired) electrons. The van der Waals surface area contributed by atoms with E-state index in [1.807, 2.05) is 0 Å². The van der Waals surface area contributed by atoms with Crippen LogP contribution in [0.1, 0.15) is 40.0 Å². The first-order chi connectivity index (χ1) is 6.74. The molecule has 82 valence electrons. The van der Waals surface area contributed by atoms with E-state index in [4.69, 9.17) is 4.74 Å². The summed E-state index contributed by atoms with van der Waals surface area (Å²) in [5.41, 5.74) is 1.37. The summed E-state index contributed by atoms with van der Waals surface area (Å²) in [6.07, 6.45) is 6.41. The van der Waals surface area contributed by atoms with Gasteiger partial charge < -0.3 is 10.1 Å². The molecule has 1 saturated heterocycles. The molecule has 0 aromatic heterocycles. The largest absolute Gasteiger partial charge is 0.376 e. The van der Waals surface area contributed by atoms with Crippen molar-refractivity contribution < 1.29 is 4.74 Å². The molecule has 1 fully saturated rings. The Kier molecular flexibility index (Phi) is 5.20. The number of allylic oxidation sites excluding steroid dienone is 1. The highest BCUT2D eigenvalue weighted by Crippen LogP contribution is 2.17. The van der Waals surface area contributed by atoms with Gasteiger partial charge in [-0.3, -0.25) is 0 Å². The number of likely N-dealkylation sites (N-methyl/N-ethyl adjacent to an activating group) is 1. The molecule has 2 nitrogen and oxygen atoms in total. The Bertz CT molecular complexity index is 179. The summed E-state index contributed by atoms with van der Waals surface area (Å²) in [5, 5.41) is 3.48. The molecule has 2 heteroatoms. The van der Waals surface area contributed by atoms with Gasteiger partial charge >= 0.3 is 0 Å². The number of ether oxygens (including phenoxy) is 1. The van der Waals surface area contributed by atoms with Crippen LogP contribution < -0.4 is 5.32 Å². The summed E-state index contributed by atoms with van der Waals surface area (Å²) in [5.74, 6) is 0. The first-order valence-corrected chi connectivity index (χ1v) is 5.74. The standard InChI is InChI=1S/C12H23NO/c1-4-13-11(9-10(2)3)12-7-5-6-8-14-12/h9,11-13H,4-8H2,1-3H3. The Labute approximate surface area is 87.7 Å². The van der Waals surface area contributed by atoms with Crippen LogP contribution in [0.5, 0.6) is 0 Å². The molecule has 0 amide bonds. The van der Waals surface area contributed by atoms with Crippen LogP contribution in [0, 0.1) is 0 Å². The number of rotatable bonds is 4.